The molecule has 0 aliphatic heterocycles. The molecule has 0 radical (unpaired) electrons. The monoisotopic (exact) mass is 823 g/mol. The fraction of sp³-hybridized carbons (Fsp3) is 0.525. The maximum atomic E-state index is 14.3. The van der Waals surface area contributed by atoms with Gasteiger partial charge >= 0.3 is 0 Å². The van der Waals surface area contributed by atoms with Crippen LogP contribution in [0.15, 0.2) is 84.9 Å². The Morgan fingerprint density at radius 1 is 0.410 bits per heavy atom. The second-order valence-electron chi connectivity index (χ2n) is 18.3. The van der Waals surface area contributed by atoms with Crippen molar-refractivity contribution < 1.29 is 8.78 Å². The van der Waals surface area contributed by atoms with Crippen molar-refractivity contribution in [1.29, 1.82) is 0 Å². The molecule has 2 heteroatoms. The number of hydrogen-bond donors (Lipinski definition) is 0. The number of hydrogen-bond acceptors (Lipinski definition) is 0. The fourth-order valence-electron chi connectivity index (χ4n) is 9.35. The Morgan fingerprint density at radius 2 is 0.770 bits per heavy atom. The van der Waals surface area contributed by atoms with Gasteiger partial charge in [0.15, 0.2) is 0 Å². The van der Waals surface area contributed by atoms with E-state index in [9.17, 15) is 8.78 Å². The van der Waals surface area contributed by atoms with Crippen LogP contribution >= 0.6 is 0 Å². The van der Waals surface area contributed by atoms with E-state index in [-0.39, 0.29) is 11.6 Å². The first kappa shape index (κ1) is 47.9. The summed E-state index contributed by atoms with van der Waals surface area (Å²) < 4.78 is 28.5. The molecule has 0 spiro atoms. The average Bonchev–Trinajstić information content (AvgIpc) is 3.29. The lowest BCUT2D eigenvalue weighted by molar-refractivity contribution is 0.294. The van der Waals surface area contributed by atoms with E-state index >= 15 is 0 Å². The molecule has 0 aromatic heterocycles. The van der Waals surface area contributed by atoms with Gasteiger partial charge in [0.1, 0.15) is 11.6 Å². The van der Waals surface area contributed by atoms with Crippen LogP contribution in [0, 0.1) is 59.0 Å². The maximum absolute atomic E-state index is 14.3. The van der Waals surface area contributed by atoms with E-state index in [1.54, 1.807) is 12.1 Å². The van der Waals surface area contributed by atoms with Crippen LogP contribution in [0.3, 0.4) is 0 Å². The van der Waals surface area contributed by atoms with Crippen LogP contribution in [0.1, 0.15) is 185 Å². The molecule has 2 fully saturated rings. The molecule has 0 nitrogen and oxygen atoms in total. The lowest BCUT2D eigenvalue weighted by atomic mass is 9.80. The summed E-state index contributed by atoms with van der Waals surface area (Å²) in [5.74, 6) is 16.6. The molecule has 326 valence electrons. The summed E-state index contributed by atoms with van der Waals surface area (Å²) in [6.45, 7) is 8.72. The molecule has 4 aromatic carbocycles. The zero-order chi connectivity index (χ0) is 43.1. The van der Waals surface area contributed by atoms with Crippen LogP contribution in [-0.4, -0.2) is 0 Å². The van der Waals surface area contributed by atoms with Crippen LogP contribution < -0.4 is 0 Å². The van der Waals surface area contributed by atoms with E-state index in [4.69, 9.17) is 0 Å². The van der Waals surface area contributed by atoms with E-state index < -0.39 is 0 Å². The van der Waals surface area contributed by atoms with Gasteiger partial charge in [-0.25, -0.2) is 8.78 Å². The van der Waals surface area contributed by atoms with Crippen LogP contribution in [0.4, 0.5) is 8.78 Å². The molecule has 61 heavy (non-hydrogen) atoms. The molecular formula is C59H76F2. The Labute approximate surface area is 371 Å². The normalized spacial score (nSPS) is 18.5. The third-order valence-electron chi connectivity index (χ3n) is 13.3. The van der Waals surface area contributed by atoms with Gasteiger partial charge in [0.2, 0.25) is 0 Å². The summed E-state index contributed by atoms with van der Waals surface area (Å²) in [5.41, 5.74) is 7.69. The molecule has 2 saturated carbocycles. The first-order chi connectivity index (χ1) is 29.9. The highest BCUT2D eigenvalue weighted by atomic mass is 19.1. The van der Waals surface area contributed by atoms with Crippen molar-refractivity contribution in [3.8, 4) is 45.9 Å². The Hall–Kier alpha value is -4.14. The van der Waals surface area contributed by atoms with Crippen molar-refractivity contribution in [1.82, 2.24) is 0 Å². The molecule has 4 aromatic rings. The van der Waals surface area contributed by atoms with Crippen molar-refractivity contribution in [2.24, 2.45) is 23.7 Å². The SMILES string of the molecule is CCCCCCC1CCC(C#Cc2ccc(-c3ccc(CCC)c(F)c3)cc2)CC1.CCCCCCCC1CCC(C#Cc2ccc(-c3ccc(CCC)c(F)c3)cc2)CC1. The van der Waals surface area contributed by atoms with Gasteiger partial charge < -0.3 is 0 Å². The molecule has 0 atom stereocenters. The molecule has 2 aliphatic carbocycles. The molecule has 6 rings (SSSR count). The van der Waals surface area contributed by atoms with E-state index in [0.717, 1.165) is 82.0 Å². The summed E-state index contributed by atoms with van der Waals surface area (Å²) in [5, 5.41) is 0. The first-order valence-corrected chi connectivity index (χ1v) is 24.7. The molecule has 2 aliphatic rings. The van der Waals surface area contributed by atoms with Crippen molar-refractivity contribution in [2.75, 3.05) is 0 Å². The fourth-order valence-corrected chi connectivity index (χ4v) is 9.35. The third kappa shape index (κ3) is 16.6. The van der Waals surface area contributed by atoms with Gasteiger partial charge in [0.25, 0.3) is 0 Å². The van der Waals surface area contributed by atoms with Gasteiger partial charge in [0.05, 0.1) is 0 Å². The minimum absolute atomic E-state index is 0.0974. The van der Waals surface area contributed by atoms with Crippen molar-refractivity contribution >= 4 is 0 Å². The predicted molar refractivity (Wildman–Crippen MR) is 258 cm³/mol. The Morgan fingerprint density at radius 3 is 1.13 bits per heavy atom. The van der Waals surface area contributed by atoms with Gasteiger partial charge in [-0.2, -0.15) is 0 Å². The van der Waals surface area contributed by atoms with E-state index in [2.05, 4.69) is 99.9 Å². The second-order valence-corrected chi connectivity index (χ2v) is 18.3. The number of unbranched alkanes of at least 4 members (excludes halogenated alkanes) is 7. The van der Waals surface area contributed by atoms with Crippen molar-refractivity contribution in [2.45, 2.75) is 175 Å². The average molecular weight is 823 g/mol. The van der Waals surface area contributed by atoms with Gasteiger partial charge in [-0.3, -0.25) is 0 Å². The number of rotatable bonds is 17. The molecule has 0 amide bonds. The number of aryl methyl sites for hydroxylation is 2. The largest absolute Gasteiger partial charge is 0.207 e. The standard InChI is InChI=1S/C30H39F.C29H37F/c1-3-5-6-7-8-10-24-11-13-25(14-12-24)15-16-26-17-19-27(20-18-26)29-22-21-28(9-4-2)30(31)23-29;1-3-5-6-7-9-23-10-12-24(13-11-23)14-15-25-16-18-26(19-17-25)28-21-20-27(8-4-2)29(30)22-28/h17-25H,3-14H2,1-2H3;16-24H,3-13H2,1-2H3. The topological polar surface area (TPSA) is 0 Å². The van der Waals surface area contributed by atoms with Crippen LogP contribution in [-0.2, 0) is 12.8 Å². The summed E-state index contributed by atoms with van der Waals surface area (Å²) in [6.07, 6.45) is 29.3. The lowest BCUT2D eigenvalue weighted by Crippen LogP contribution is -2.13. The highest BCUT2D eigenvalue weighted by Gasteiger charge is 2.20. The Bertz CT molecular complexity index is 1970. The summed E-state index contributed by atoms with van der Waals surface area (Å²) >= 11 is 0. The summed E-state index contributed by atoms with van der Waals surface area (Å²) in [7, 11) is 0. The molecule has 0 saturated heterocycles. The zero-order valence-electron chi connectivity index (χ0n) is 38.4. The third-order valence-corrected chi connectivity index (χ3v) is 13.3. The smallest absolute Gasteiger partial charge is 0.127 e. The number of benzene rings is 4. The zero-order valence-corrected chi connectivity index (χ0v) is 38.4. The highest BCUT2D eigenvalue weighted by molar-refractivity contribution is 5.66. The molecule has 0 bridgehead atoms. The highest BCUT2D eigenvalue weighted by Crippen LogP contribution is 2.33. The second kappa shape index (κ2) is 27.0. The van der Waals surface area contributed by atoms with E-state index in [1.165, 1.54) is 122 Å². The molecule has 0 heterocycles. The lowest BCUT2D eigenvalue weighted by Gasteiger charge is -2.25. The van der Waals surface area contributed by atoms with Crippen LogP contribution in [0.25, 0.3) is 22.3 Å². The van der Waals surface area contributed by atoms with Crippen LogP contribution in [0.5, 0.6) is 0 Å². The quantitative estimate of drug-likeness (QED) is 0.0735. The van der Waals surface area contributed by atoms with Crippen molar-refractivity contribution in [3.05, 3.63) is 119 Å². The van der Waals surface area contributed by atoms with Gasteiger partial charge in [-0.15, -0.1) is 0 Å². The van der Waals surface area contributed by atoms with E-state index in [1.807, 2.05) is 24.3 Å². The summed E-state index contributed by atoms with van der Waals surface area (Å²) in [6, 6.07) is 27.7. The minimum Gasteiger partial charge on any atom is -0.207 e. The summed E-state index contributed by atoms with van der Waals surface area (Å²) in [4.78, 5) is 0. The van der Waals surface area contributed by atoms with Crippen molar-refractivity contribution in [3.63, 3.8) is 0 Å². The maximum Gasteiger partial charge on any atom is 0.127 e. The Kier molecular flexibility index (Phi) is 21.2. The number of halogens is 2. The Balaban J connectivity index is 0.000000231. The predicted octanol–water partition coefficient (Wildman–Crippen LogP) is 17.5. The minimum atomic E-state index is -0.0980. The van der Waals surface area contributed by atoms with E-state index in [0.29, 0.717) is 11.8 Å². The van der Waals surface area contributed by atoms with Crippen LogP contribution in [0.2, 0.25) is 0 Å². The first-order valence-electron chi connectivity index (χ1n) is 24.7. The van der Waals surface area contributed by atoms with Gasteiger partial charge in [-0.1, -0.05) is 183 Å². The molecule has 0 unspecified atom stereocenters. The van der Waals surface area contributed by atoms with Gasteiger partial charge in [-0.05, 0) is 146 Å². The molecule has 0 N–H and O–H groups in total. The molecular weight excluding hydrogens is 747 g/mol. The van der Waals surface area contributed by atoms with Gasteiger partial charge in [0, 0.05) is 23.0 Å².